The van der Waals surface area contributed by atoms with Crippen LogP contribution in [0.5, 0.6) is 0 Å². The Morgan fingerprint density at radius 3 is 3.13 bits per heavy atom. The molecule has 0 aromatic heterocycles. The molecule has 5 heteroatoms. The van der Waals surface area contributed by atoms with Crippen molar-refractivity contribution in [2.45, 2.75) is 32.1 Å². The molecule has 1 aliphatic carbocycles. The van der Waals surface area contributed by atoms with E-state index in [1.165, 1.54) is 24.8 Å². The second kappa shape index (κ2) is 6.90. The monoisotopic (exact) mass is 208 g/mol. The van der Waals surface area contributed by atoms with Crippen LogP contribution in [0.2, 0.25) is 0 Å². The molecule has 15 heavy (non-hydrogen) atoms. The number of azide groups is 1. The Kier molecular flexibility index (Phi) is 5.33. The first-order chi connectivity index (χ1) is 7.33. The largest absolute Gasteiger partial charge is 0.356 e. The topological polar surface area (TPSA) is 77.9 Å². The molecule has 0 bridgehead atoms. The zero-order valence-corrected chi connectivity index (χ0v) is 8.78. The van der Waals surface area contributed by atoms with E-state index in [9.17, 15) is 4.79 Å². The quantitative estimate of drug-likeness (QED) is 0.320. The third-order valence-electron chi connectivity index (χ3n) is 2.43. The highest BCUT2D eigenvalue weighted by molar-refractivity contribution is 5.78. The summed E-state index contributed by atoms with van der Waals surface area (Å²) in [4.78, 5) is 13.6. The van der Waals surface area contributed by atoms with Gasteiger partial charge in [0.1, 0.15) is 6.54 Å². The molecule has 1 amide bonds. The SMILES string of the molecule is [N-]=[N+]=NCC(=O)NCCC1=CCCCC1. The maximum absolute atomic E-state index is 11.0. The minimum atomic E-state index is -0.204. The molecule has 1 aliphatic rings. The van der Waals surface area contributed by atoms with E-state index >= 15 is 0 Å². The number of nitrogens with one attached hydrogen (secondary N) is 1. The van der Waals surface area contributed by atoms with Crippen LogP contribution in [0.1, 0.15) is 32.1 Å². The molecular formula is C10H16N4O. The highest BCUT2D eigenvalue weighted by Crippen LogP contribution is 2.19. The predicted octanol–water partition coefficient (Wildman–Crippen LogP) is 2.30. The van der Waals surface area contributed by atoms with E-state index in [1.54, 1.807) is 0 Å². The normalized spacial score (nSPS) is 15.1. The van der Waals surface area contributed by atoms with Crippen LogP contribution in [0.15, 0.2) is 16.8 Å². The molecule has 0 radical (unpaired) electrons. The molecule has 5 nitrogen and oxygen atoms in total. The van der Waals surface area contributed by atoms with Gasteiger partial charge in [-0.2, -0.15) is 0 Å². The predicted molar refractivity (Wildman–Crippen MR) is 58.2 cm³/mol. The van der Waals surface area contributed by atoms with E-state index in [1.807, 2.05) is 0 Å². The number of nitrogens with zero attached hydrogens (tertiary/aromatic N) is 3. The number of allylic oxidation sites excluding steroid dienone is 1. The Morgan fingerprint density at radius 1 is 1.60 bits per heavy atom. The summed E-state index contributed by atoms with van der Waals surface area (Å²) in [6.07, 6.45) is 8.06. The van der Waals surface area contributed by atoms with Gasteiger partial charge in [-0.15, -0.1) is 0 Å². The zero-order chi connectivity index (χ0) is 10.9. The molecule has 0 saturated heterocycles. The van der Waals surface area contributed by atoms with Gasteiger partial charge in [-0.05, 0) is 37.6 Å². The fourth-order valence-corrected chi connectivity index (χ4v) is 1.65. The maximum atomic E-state index is 11.0. The van der Waals surface area contributed by atoms with Crippen molar-refractivity contribution >= 4 is 5.91 Å². The molecule has 0 unspecified atom stereocenters. The van der Waals surface area contributed by atoms with Gasteiger partial charge in [0.15, 0.2) is 0 Å². The summed E-state index contributed by atoms with van der Waals surface area (Å²) >= 11 is 0. The average Bonchev–Trinajstić information content (AvgIpc) is 2.28. The van der Waals surface area contributed by atoms with E-state index < -0.39 is 0 Å². The lowest BCUT2D eigenvalue weighted by Gasteiger charge is -2.12. The fourth-order valence-electron chi connectivity index (χ4n) is 1.65. The Bertz CT molecular complexity index is 292. The zero-order valence-electron chi connectivity index (χ0n) is 8.78. The number of carbonyl (C=O) groups excluding carboxylic acids is 1. The lowest BCUT2D eigenvalue weighted by atomic mass is 9.97. The van der Waals surface area contributed by atoms with Crippen LogP contribution in [-0.2, 0) is 4.79 Å². The van der Waals surface area contributed by atoms with Gasteiger partial charge in [-0.25, -0.2) is 0 Å². The molecular weight excluding hydrogens is 192 g/mol. The van der Waals surface area contributed by atoms with Crippen molar-refractivity contribution in [3.05, 3.63) is 22.1 Å². The molecule has 0 aromatic carbocycles. The van der Waals surface area contributed by atoms with Crippen molar-refractivity contribution in [1.82, 2.24) is 5.32 Å². The first kappa shape index (κ1) is 11.6. The Labute approximate surface area is 89.2 Å². The fraction of sp³-hybridized carbons (Fsp3) is 0.700. The Morgan fingerprint density at radius 2 is 2.47 bits per heavy atom. The molecule has 0 aromatic rings. The highest BCUT2D eigenvalue weighted by atomic mass is 16.1. The van der Waals surface area contributed by atoms with Gasteiger partial charge in [0.25, 0.3) is 0 Å². The van der Waals surface area contributed by atoms with Gasteiger partial charge in [0, 0.05) is 11.5 Å². The molecule has 0 spiro atoms. The van der Waals surface area contributed by atoms with Crippen molar-refractivity contribution < 1.29 is 4.79 Å². The van der Waals surface area contributed by atoms with E-state index in [2.05, 4.69) is 21.4 Å². The number of rotatable bonds is 5. The van der Waals surface area contributed by atoms with Crippen LogP contribution in [0.4, 0.5) is 0 Å². The van der Waals surface area contributed by atoms with Crippen molar-refractivity contribution in [1.29, 1.82) is 0 Å². The van der Waals surface area contributed by atoms with Crippen LogP contribution in [-0.4, -0.2) is 19.0 Å². The van der Waals surface area contributed by atoms with Gasteiger partial charge in [0.05, 0.1) is 0 Å². The molecule has 1 rings (SSSR count). The van der Waals surface area contributed by atoms with Crippen molar-refractivity contribution in [2.75, 3.05) is 13.1 Å². The minimum Gasteiger partial charge on any atom is -0.356 e. The number of hydrogen-bond donors (Lipinski definition) is 1. The molecule has 1 N–H and O–H groups in total. The molecule has 82 valence electrons. The summed E-state index contributed by atoms with van der Waals surface area (Å²) in [6, 6.07) is 0. The van der Waals surface area contributed by atoms with Crippen molar-refractivity contribution in [3.63, 3.8) is 0 Å². The molecule has 0 atom stereocenters. The molecule has 0 saturated carbocycles. The summed E-state index contributed by atoms with van der Waals surface area (Å²) in [5.41, 5.74) is 9.45. The summed E-state index contributed by atoms with van der Waals surface area (Å²) < 4.78 is 0. The summed E-state index contributed by atoms with van der Waals surface area (Å²) in [5, 5.41) is 5.91. The lowest BCUT2D eigenvalue weighted by molar-refractivity contribution is -0.119. The minimum absolute atomic E-state index is 0.102. The number of hydrogen-bond acceptors (Lipinski definition) is 2. The molecule has 0 fully saturated rings. The Hall–Kier alpha value is -1.48. The van der Waals surface area contributed by atoms with Crippen LogP contribution in [0, 0.1) is 0 Å². The van der Waals surface area contributed by atoms with Gasteiger partial charge in [0.2, 0.25) is 5.91 Å². The maximum Gasteiger partial charge on any atom is 0.225 e. The van der Waals surface area contributed by atoms with E-state index in [0.717, 1.165) is 12.8 Å². The highest BCUT2D eigenvalue weighted by Gasteiger charge is 2.04. The van der Waals surface area contributed by atoms with Gasteiger partial charge in [-0.1, -0.05) is 16.8 Å². The number of amides is 1. The summed E-state index contributed by atoms with van der Waals surface area (Å²) in [6.45, 7) is 0.543. The van der Waals surface area contributed by atoms with Crippen LogP contribution < -0.4 is 5.32 Å². The van der Waals surface area contributed by atoms with Crippen molar-refractivity contribution in [2.24, 2.45) is 5.11 Å². The lowest BCUT2D eigenvalue weighted by Crippen LogP contribution is -2.26. The molecule has 0 heterocycles. The van der Waals surface area contributed by atoms with E-state index in [4.69, 9.17) is 5.53 Å². The van der Waals surface area contributed by atoms with Crippen LogP contribution in [0.3, 0.4) is 0 Å². The third kappa shape index (κ3) is 5.08. The standard InChI is InChI=1S/C10H16N4O/c11-14-13-8-10(15)12-7-6-9-4-2-1-3-5-9/h4H,1-3,5-8H2,(H,12,15). The first-order valence-corrected chi connectivity index (χ1v) is 5.28. The summed E-state index contributed by atoms with van der Waals surface area (Å²) in [7, 11) is 0. The second-order valence-corrected chi connectivity index (χ2v) is 3.60. The van der Waals surface area contributed by atoms with Crippen molar-refractivity contribution in [3.8, 4) is 0 Å². The molecule has 0 aliphatic heterocycles. The van der Waals surface area contributed by atoms with Crippen LogP contribution >= 0.6 is 0 Å². The summed E-state index contributed by atoms with van der Waals surface area (Å²) in [5.74, 6) is -0.204. The van der Waals surface area contributed by atoms with Gasteiger partial charge >= 0.3 is 0 Å². The van der Waals surface area contributed by atoms with E-state index in [-0.39, 0.29) is 12.5 Å². The van der Waals surface area contributed by atoms with E-state index in [0.29, 0.717) is 6.54 Å². The Balaban J connectivity index is 2.12. The first-order valence-electron chi connectivity index (χ1n) is 5.28. The number of carbonyl (C=O) groups is 1. The second-order valence-electron chi connectivity index (χ2n) is 3.60. The third-order valence-corrected chi connectivity index (χ3v) is 2.43. The van der Waals surface area contributed by atoms with Gasteiger partial charge in [-0.3, -0.25) is 4.79 Å². The smallest absolute Gasteiger partial charge is 0.225 e. The average molecular weight is 208 g/mol. The van der Waals surface area contributed by atoms with Gasteiger partial charge < -0.3 is 5.32 Å². The van der Waals surface area contributed by atoms with Crippen LogP contribution in [0.25, 0.3) is 10.4 Å².